The fourth-order valence-electron chi connectivity index (χ4n) is 1.33. The summed E-state index contributed by atoms with van der Waals surface area (Å²) in [7, 11) is 0. The van der Waals surface area contributed by atoms with Gasteiger partial charge in [-0.15, -0.1) is 6.58 Å². The highest BCUT2D eigenvalue weighted by atomic mass is 16.5. The molecule has 0 aromatic heterocycles. The molecule has 1 aromatic carbocycles. The van der Waals surface area contributed by atoms with Gasteiger partial charge in [0, 0.05) is 0 Å². The van der Waals surface area contributed by atoms with E-state index in [1.165, 1.54) is 11.1 Å². The normalized spacial score (nSPS) is 10.2. The average Bonchev–Trinajstić information content (AvgIpc) is 2.27. The minimum atomic E-state index is 0.677. The maximum atomic E-state index is 5.48. The Hall–Kier alpha value is -1.12. The molecule has 0 saturated heterocycles. The van der Waals surface area contributed by atoms with Crippen LogP contribution in [0.4, 0.5) is 0 Å². The van der Waals surface area contributed by atoms with Gasteiger partial charge in [0.15, 0.2) is 0 Å². The van der Waals surface area contributed by atoms with Gasteiger partial charge in [-0.05, 0) is 30.5 Å². The number of hydrogen-bond acceptors (Lipinski definition) is 2. The fraction of sp³-hybridized carbons (Fsp3) is 0.385. The van der Waals surface area contributed by atoms with Crippen LogP contribution < -0.4 is 5.73 Å². The van der Waals surface area contributed by atoms with Crippen LogP contribution in [-0.4, -0.2) is 13.2 Å². The number of benzene rings is 1. The molecule has 1 rings (SSSR count). The second-order valence-corrected chi connectivity index (χ2v) is 3.49. The molecule has 0 aliphatic carbocycles. The van der Waals surface area contributed by atoms with E-state index in [-0.39, 0.29) is 0 Å². The summed E-state index contributed by atoms with van der Waals surface area (Å²) >= 11 is 0. The molecule has 2 nitrogen and oxygen atoms in total. The Kier molecular flexibility index (Phi) is 5.74. The van der Waals surface area contributed by atoms with E-state index in [1.54, 1.807) is 0 Å². The Labute approximate surface area is 91.7 Å². The van der Waals surface area contributed by atoms with Gasteiger partial charge in [0.1, 0.15) is 0 Å². The van der Waals surface area contributed by atoms with Gasteiger partial charge >= 0.3 is 0 Å². The summed E-state index contributed by atoms with van der Waals surface area (Å²) in [6, 6.07) is 8.41. The quantitative estimate of drug-likeness (QED) is 0.547. The summed E-state index contributed by atoms with van der Waals surface area (Å²) < 4.78 is 5.46. The topological polar surface area (TPSA) is 35.2 Å². The molecule has 2 N–H and O–H groups in total. The molecule has 0 aliphatic rings. The van der Waals surface area contributed by atoms with Crippen LogP contribution in [-0.2, 0) is 17.8 Å². The SMILES string of the molecule is C=CCCOCc1ccc(CCN)cc1. The van der Waals surface area contributed by atoms with Gasteiger partial charge in [-0.3, -0.25) is 0 Å². The van der Waals surface area contributed by atoms with E-state index in [0.717, 1.165) is 19.4 Å². The monoisotopic (exact) mass is 205 g/mol. The molecule has 0 saturated carbocycles. The Morgan fingerprint density at radius 3 is 2.47 bits per heavy atom. The third kappa shape index (κ3) is 4.77. The highest BCUT2D eigenvalue weighted by Gasteiger charge is 1.94. The van der Waals surface area contributed by atoms with Crippen molar-refractivity contribution in [3.8, 4) is 0 Å². The second-order valence-electron chi connectivity index (χ2n) is 3.49. The Morgan fingerprint density at radius 2 is 1.87 bits per heavy atom. The van der Waals surface area contributed by atoms with Crippen molar-refractivity contribution in [2.75, 3.05) is 13.2 Å². The Bertz CT molecular complexity index is 279. The van der Waals surface area contributed by atoms with E-state index < -0.39 is 0 Å². The van der Waals surface area contributed by atoms with Gasteiger partial charge < -0.3 is 10.5 Å². The largest absolute Gasteiger partial charge is 0.376 e. The van der Waals surface area contributed by atoms with Crippen LogP contribution in [0.3, 0.4) is 0 Å². The summed E-state index contributed by atoms with van der Waals surface area (Å²) in [4.78, 5) is 0. The number of ether oxygens (including phenoxy) is 1. The summed E-state index contributed by atoms with van der Waals surface area (Å²) in [5, 5.41) is 0. The molecule has 0 aliphatic heterocycles. The molecular weight excluding hydrogens is 186 g/mol. The van der Waals surface area contributed by atoms with Gasteiger partial charge in [-0.25, -0.2) is 0 Å². The fourth-order valence-corrected chi connectivity index (χ4v) is 1.33. The average molecular weight is 205 g/mol. The lowest BCUT2D eigenvalue weighted by Gasteiger charge is -2.04. The lowest BCUT2D eigenvalue weighted by molar-refractivity contribution is 0.125. The third-order valence-corrected chi connectivity index (χ3v) is 2.19. The molecule has 2 heteroatoms. The molecule has 0 radical (unpaired) electrons. The molecule has 82 valence electrons. The lowest BCUT2D eigenvalue weighted by Crippen LogP contribution is -2.02. The first-order valence-corrected chi connectivity index (χ1v) is 5.33. The van der Waals surface area contributed by atoms with Gasteiger partial charge in [-0.1, -0.05) is 30.3 Å². The molecule has 0 bridgehead atoms. The van der Waals surface area contributed by atoms with E-state index >= 15 is 0 Å². The van der Waals surface area contributed by atoms with Crippen LogP contribution in [0.15, 0.2) is 36.9 Å². The summed E-state index contributed by atoms with van der Waals surface area (Å²) in [6.07, 6.45) is 3.72. The number of rotatable bonds is 7. The van der Waals surface area contributed by atoms with Crippen LogP contribution >= 0.6 is 0 Å². The molecule has 0 atom stereocenters. The predicted octanol–water partition coefficient (Wildman–Crippen LogP) is 2.28. The van der Waals surface area contributed by atoms with Gasteiger partial charge in [-0.2, -0.15) is 0 Å². The van der Waals surface area contributed by atoms with Crippen molar-refractivity contribution in [3.05, 3.63) is 48.0 Å². The molecule has 0 amide bonds. The van der Waals surface area contributed by atoms with Crippen molar-refractivity contribution in [2.45, 2.75) is 19.4 Å². The minimum Gasteiger partial charge on any atom is -0.376 e. The standard InChI is InChI=1S/C13H19NO/c1-2-3-10-15-11-13-6-4-12(5-7-13)8-9-14/h2,4-7H,1,3,8-11,14H2. The van der Waals surface area contributed by atoms with Crippen molar-refractivity contribution in [2.24, 2.45) is 5.73 Å². The highest BCUT2D eigenvalue weighted by molar-refractivity contribution is 5.22. The molecule has 0 fully saturated rings. The van der Waals surface area contributed by atoms with Gasteiger partial charge in [0.05, 0.1) is 13.2 Å². The van der Waals surface area contributed by atoms with E-state index in [4.69, 9.17) is 10.5 Å². The van der Waals surface area contributed by atoms with Crippen LogP contribution in [0.25, 0.3) is 0 Å². The van der Waals surface area contributed by atoms with E-state index in [1.807, 2.05) is 6.08 Å². The molecule has 1 aromatic rings. The highest BCUT2D eigenvalue weighted by Crippen LogP contribution is 2.06. The van der Waals surface area contributed by atoms with E-state index in [2.05, 4.69) is 30.8 Å². The van der Waals surface area contributed by atoms with Crippen molar-refractivity contribution in [3.63, 3.8) is 0 Å². The van der Waals surface area contributed by atoms with Gasteiger partial charge in [0.2, 0.25) is 0 Å². The summed E-state index contributed by atoms with van der Waals surface area (Å²) in [5.41, 5.74) is 7.97. The molecule has 0 unspecified atom stereocenters. The van der Waals surface area contributed by atoms with Crippen LogP contribution in [0.1, 0.15) is 17.5 Å². The van der Waals surface area contributed by atoms with Crippen LogP contribution in [0, 0.1) is 0 Å². The van der Waals surface area contributed by atoms with Crippen LogP contribution in [0.5, 0.6) is 0 Å². The zero-order chi connectivity index (χ0) is 10.9. The Morgan fingerprint density at radius 1 is 1.20 bits per heavy atom. The summed E-state index contributed by atoms with van der Waals surface area (Å²) in [6.45, 7) is 5.77. The summed E-state index contributed by atoms with van der Waals surface area (Å²) in [5.74, 6) is 0. The van der Waals surface area contributed by atoms with Crippen LogP contribution in [0.2, 0.25) is 0 Å². The first-order chi connectivity index (χ1) is 7.36. The third-order valence-electron chi connectivity index (χ3n) is 2.19. The zero-order valence-corrected chi connectivity index (χ0v) is 9.11. The van der Waals surface area contributed by atoms with Crippen molar-refractivity contribution >= 4 is 0 Å². The van der Waals surface area contributed by atoms with Crippen molar-refractivity contribution in [1.82, 2.24) is 0 Å². The zero-order valence-electron chi connectivity index (χ0n) is 9.11. The maximum absolute atomic E-state index is 5.48. The second kappa shape index (κ2) is 7.21. The minimum absolute atomic E-state index is 0.677. The van der Waals surface area contributed by atoms with E-state index in [9.17, 15) is 0 Å². The Balaban J connectivity index is 2.32. The van der Waals surface area contributed by atoms with E-state index in [0.29, 0.717) is 13.2 Å². The first kappa shape index (κ1) is 12.0. The smallest absolute Gasteiger partial charge is 0.0717 e. The van der Waals surface area contributed by atoms with Gasteiger partial charge in [0.25, 0.3) is 0 Å². The lowest BCUT2D eigenvalue weighted by atomic mass is 10.1. The molecule has 0 heterocycles. The molecule has 15 heavy (non-hydrogen) atoms. The number of nitrogens with two attached hydrogens (primary N) is 1. The molecular formula is C13H19NO. The number of hydrogen-bond donors (Lipinski definition) is 1. The van der Waals surface area contributed by atoms with Crippen molar-refractivity contribution in [1.29, 1.82) is 0 Å². The van der Waals surface area contributed by atoms with Crippen molar-refractivity contribution < 1.29 is 4.74 Å². The maximum Gasteiger partial charge on any atom is 0.0717 e. The predicted molar refractivity (Wildman–Crippen MR) is 63.7 cm³/mol. The first-order valence-electron chi connectivity index (χ1n) is 5.33. The molecule has 0 spiro atoms.